The number of carboxylic acids is 1. The lowest BCUT2D eigenvalue weighted by Crippen LogP contribution is -2.42. The molecule has 2 rings (SSSR count). The Morgan fingerprint density at radius 3 is 2.16 bits per heavy atom. The molecule has 0 amide bonds. The quantitative estimate of drug-likeness (QED) is 0.667. The maximum atomic E-state index is 11.3. The highest BCUT2D eigenvalue weighted by Crippen LogP contribution is 2.17. The predicted octanol–water partition coefficient (Wildman–Crippen LogP) is 2.51. The molecule has 0 aromatic heterocycles. The Morgan fingerprint density at radius 1 is 1.00 bits per heavy atom. The SMILES string of the molecule is CCN(CC)CCC(Oc1ccc(Cc2ccccc2)cc1)C(=O)[O-]. The fourth-order valence-corrected chi connectivity index (χ4v) is 2.75. The maximum absolute atomic E-state index is 11.3. The molecular formula is C21H26NO3-. The summed E-state index contributed by atoms with van der Waals surface area (Å²) in [7, 11) is 0. The van der Waals surface area contributed by atoms with E-state index in [0.717, 1.165) is 25.1 Å². The second-order valence-corrected chi connectivity index (χ2v) is 6.05. The van der Waals surface area contributed by atoms with Gasteiger partial charge in [0.2, 0.25) is 0 Å². The summed E-state index contributed by atoms with van der Waals surface area (Å²) in [6.45, 7) is 6.58. The van der Waals surface area contributed by atoms with Gasteiger partial charge in [0.1, 0.15) is 11.9 Å². The number of ether oxygens (including phenoxy) is 1. The Morgan fingerprint density at radius 2 is 1.60 bits per heavy atom. The van der Waals surface area contributed by atoms with Crippen molar-refractivity contribution in [3.8, 4) is 5.75 Å². The van der Waals surface area contributed by atoms with Crippen molar-refractivity contribution >= 4 is 5.97 Å². The zero-order chi connectivity index (χ0) is 18.1. The van der Waals surface area contributed by atoms with E-state index in [4.69, 9.17) is 4.74 Å². The molecule has 1 atom stereocenters. The maximum Gasteiger partial charge on any atom is 0.139 e. The molecule has 0 bridgehead atoms. The van der Waals surface area contributed by atoms with Gasteiger partial charge in [-0.1, -0.05) is 56.3 Å². The monoisotopic (exact) mass is 340 g/mol. The van der Waals surface area contributed by atoms with E-state index in [9.17, 15) is 9.90 Å². The normalized spacial score (nSPS) is 12.1. The number of carbonyl (C=O) groups is 1. The van der Waals surface area contributed by atoms with Gasteiger partial charge in [-0.3, -0.25) is 0 Å². The third-order valence-electron chi connectivity index (χ3n) is 4.32. The molecule has 0 saturated carbocycles. The Labute approximate surface area is 150 Å². The highest BCUT2D eigenvalue weighted by molar-refractivity contribution is 5.70. The van der Waals surface area contributed by atoms with Crippen LogP contribution in [0.2, 0.25) is 0 Å². The summed E-state index contributed by atoms with van der Waals surface area (Å²) in [5.74, 6) is -0.605. The number of rotatable bonds is 10. The highest BCUT2D eigenvalue weighted by Gasteiger charge is 2.13. The molecule has 0 fully saturated rings. The van der Waals surface area contributed by atoms with Gasteiger partial charge in [0.25, 0.3) is 0 Å². The smallest absolute Gasteiger partial charge is 0.139 e. The van der Waals surface area contributed by atoms with E-state index in [1.165, 1.54) is 5.56 Å². The summed E-state index contributed by atoms with van der Waals surface area (Å²) in [4.78, 5) is 13.5. The van der Waals surface area contributed by atoms with E-state index in [2.05, 4.69) is 30.9 Å². The molecule has 2 aromatic rings. The summed E-state index contributed by atoms with van der Waals surface area (Å²) in [5, 5.41) is 11.3. The van der Waals surface area contributed by atoms with Gasteiger partial charge in [0, 0.05) is 13.0 Å². The summed E-state index contributed by atoms with van der Waals surface area (Å²) in [6, 6.07) is 17.8. The van der Waals surface area contributed by atoms with E-state index in [0.29, 0.717) is 18.7 Å². The van der Waals surface area contributed by atoms with E-state index >= 15 is 0 Å². The number of benzene rings is 2. The Balaban J connectivity index is 1.94. The average Bonchev–Trinajstić information content (AvgIpc) is 2.63. The van der Waals surface area contributed by atoms with Gasteiger partial charge in [-0.2, -0.15) is 0 Å². The summed E-state index contributed by atoms with van der Waals surface area (Å²) in [5.41, 5.74) is 2.40. The molecule has 4 nitrogen and oxygen atoms in total. The Bertz CT molecular complexity index is 636. The highest BCUT2D eigenvalue weighted by atomic mass is 16.5. The minimum absolute atomic E-state index is 0.412. The number of carbonyl (C=O) groups excluding carboxylic acids is 1. The van der Waals surface area contributed by atoms with Crippen molar-refractivity contribution < 1.29 is 14.6 Å². The van der Waals surface area contributed by atoms with E-state index in [1.807, 2.05) is 42.5 Å². The fourth-order valence-electron chi connectivity index (χ4n) is 2.75. The minimum atomic E-state index is -1.17. The zero-order valence-corrected chi connectivity index (χ0v) is 15.0. The van der Waals surface area contributed by atoms with Gasteiger partial charge in [0.05, 0.1) is 5.97 Å². The van der Waals surface area contributed by atoms with Crippen LogP contribution in [0, 0.1) is 0 Å². The second kappa shape index (κ2) is 9.84. The molecule has 0 N–H and O–H groups in total. The minimum Gasteiger partial charge on any atom is -0.546 e. The standard InChI is InChI=1S/C21H27NO3/c1-3-22(4-2)15-14-20(21(23)24)25-19-12-10-18(11-13-19)16-17-8-6-5-7-9-17/h5-13,20H,3-4,14-16H2,1-2H3,(H,23,24)/p-1. The number of nitrogens with zero attached hydrogens (tertiary/aromatic N) is 1. The molecule has 0 heterocycles. The molecule has 0 spiro atoms. The second-order valence-electron chi connectivity index (χ2n) is 6.05. The molecule has 0 radical (unpaired) electrons. The first-order valence-corrected chi connectivity index (χ1v) is 8.85. The van der Waals surface area contributed by atoms with Gasteiger partial charge in [0.15, 0.2) is 0 Å². The number of carboxylic acid groups (broad SMARTS) is 1. The Hall–Kier alpha value is -2.33. The zero-order valence-electron chi connectivity index (χ0n) is 15.0. The van der Waals surface area contributed by atoms with Crippen LogP contribution in [0.4, 0.5) is 0 Å². The summed E-state index contributed by atoms with van der Waals surface area (Å²) in [6.07, 6.45) is 0.323. The van der Waals surface area contributed by atoms with Crippen LogP contribution in [-0.2, 0) is 11.2 Å². The molecule has 0 aliphatic carbocycles. The average molecular weight is 340 g/mol. The van der Waals surface area contributed by atoms with E-state index < -0.39 is 12.1 Å². The number of hydrogen-bond acceptors (Lipinski definition) is 4. The van der Waals surface area contributed by atoms with Crippen molar-refractivity contribution in [1.82, 2.24) is 4.90 Å². The van der Waals surface area contributed by atoms with Crippen LogP contribution in [0.5, 0.6) is 5.75 Å². The van der Waals surface area contributed by atoms with Gasteiger partial charge in [-0.15, -0.1) is 0 Å². The number of aliphatic carboxylic acids is 1. The van der Waals surface area contributed by atoms with Gasteiger partial charge >= 0.3 is 0 Å². The van der Waals surface area contributed by atoms with Gasteiger partial charge < -0.3 is 19.5 Å². The molecule has 25 heavy (non-hydrogen) atoms. The lowest BCUT2D eigenvalue weighted by molar-refractivity contribution is -0.313. The van der Waals surface area contributed by atoms with Crippen molar-refractivity contribution in [2.45, 2.75) is 32.8 Å². The number of hydrogen-bond donors (Lipinski definition) is 0. The Kier molecular flexibility index (Phi) is 7.48. The molecule has 0 aliphatic heterocycles. The molecular weight excluding hydrogens is 314 g/mol. The van der Waals surface area contributed by atoms with Gasteiger partial charge in [-0.05, 0) is 42.8 Å². The van der Waals surface area contributed by atoms with Crippen molar-refractivity contribution in [2.75, 3.05) is 19.6 Å². The van der Waals surface area contributed by atoms with Crippen LogP contribution in [-0.4, -0.2) is 36.6 Å². The molecule has 0 aliphatic rings. The largest absolute Gasteiger partial charge is 0.546 e. The van der Waals surface area contributed by atoms with Gasteiger partial charge in [-0.25, -0.2) is 0 Å². The topological polar surface area (TPSA) is 52.6 Å². The van der Waals surface area contributed by atoms with E-state index in [-0.39, 0.29) is 0 Å². The first-order valence-electron chi connectivity index (χ1n) is 8.85. The summed E-state index contributed by atoms with van der Waals surface area (Å²) >= 11 is 0. The van der Waals surface area contributed by atoms with Crippen molar-refractivity contribution in [3.05, 3.63) is 65.7 Å². The molecule has 2 aromatic carbocycles. The third-order valence-corrected chi connectivity index (χ3v) is 4.32. The molecule has 1 unspecified atom stereocenters. The predicted molar refractivity (Wildman–Crippen MR) is 97.5 cm³/mol. The molecule has 134 valence electrons. The van der Waals surface area contributed by atoms with Crippen LogP contribution in [0.3, 0.4) is 0 Å². The summed E-state index contributed by atoms with van der Waals surface area (Å²) < 4.78 is 5.63. The lowest BCUT2D eigenvalue weighted by Gasteiger charge is -2.24. The van der Waals surface area contributed by atoms with Crippen LogP contribution in [0.25, 0.3) is 0 Å². The van der Waals surface area contributed by atoms with Crippen molar-refractivity contribution in [1.29, 1.82) is 0 Å². The molecule has 0 saturated heterocycles. The van der Waals surface area contributed by atoms with Crippen LogP contribution >= 0.6 is 0 Å². The van der Waals surface area contributed by atoms with E-state index in [1.54, 1.807) is 0 Å². The van der Waals surface area contributed by atoms with Crippen molar-refractivity contribution in [3.63, 3.8) is 0 Å². The van der Waals surface area contributed by atoms with Crippen molar-refractivity contribution in [2.24, 2.45) is 0 Å². The fraction of sp³-hybridized carbons (Fsp3) is 0.381. The first kappa shape index (κ1) is 19.0. The van der Waals surface area contributed by atoms with Crippen LogP contribution in [0.15, 0.2) is 54.6 Å². The van der Waals surface area contributed by atoms with Crippen LogP contribution in [0.1, 0.15) is 31.4 Å². The third kappa shape index (κ3) is 6.24. The lowest BCUT2D eigenvalue weighted by atomic mass is 10.1. The molecule has 4 heteroatoms. The first-order chi connectivity index (χ1) is 12.1. The van der Waals surface area contributed by atoms with Crippen LogP contribution < -0.4 is 9.84 Å².